The van der Waals surface area contributed by atoms with Gasteiger partial charge in [-0.15, -0.1) is 0 Å². The lowest BCUT2D eigenvalue weighted by Crippen LogP contribution is -2.47. The van der Waals surface area contributed by atoms with Gasteiger partial charge in [-0.25, -0.2) is 0 Å². The molecule has 1 amide bonds. The van der Waals surface area contributed by atoms with Gasteiger partial charge in [0.25, 0.3) is 5.91 Å². The Bertz CT molecular complexity index is 1350. The van der Waals surface area contributed by atoms with Crippen LogP contribution in [0.25, 0.3) is 0 Å². The number of amides is 1. The summed E-state index contributed by atoms with van der Waals surface area (Å²) in [6.45, 7) is 11.2. The van der Waals surface area contributed by atoms with Crippen molar-refractivity contribution in [2.24, 2.45) is 29.1 Å². The summed E-state index contributed by atoms with van der Waals surface area (Å²) in [5.74, 6) is 3.29. The number of rotatable bonds is 8. The second-order valence-electron chi connectivity index (χ2n) is 15.8. The van der Waals surface area contributed by atoms with Crippen LogP contribution in [0.5, 0.6) is 5.75 Å². The molecule has 7 nitrogen and oxygen atoms in total. The minimum absolute atomic E-state index is 0.0124. The standard InChI is InChI=1S/C39H56N4O3/c1-39-16-13-34-33-10-9-32(44)25-30(33)24-29(37(34)35(39)11-12-36(39)45)4-3-17-40-38(46)28-5-7-31(8-6-28)43-18-14-27(15-19-43)26-42-22-20-41(2)21-23-42/h5-10,25,27,29,34-37,44-45H,3-4,11-24,26H2,1-2H3,(H,40,46). The first-order valence-corrected chi connectivity index (χ1v) is 18.3. The van der Waals surface area contributed by atoms with Crippen molar-refractivity contribution in [1.82, 2.24) is 15.1 Å². The van der Waals surface area contributed by atoms with Gasteiger partial charge >= 0.3 is 0 Å². The van der Waals surface area contributed by atoms with Gasteiger partial charge < -0.3 is 30.2 Å². The van der Waals surface area contributed by atoms with E-state index in [-0.39, 0.29) is 17.4 Å². The topological polar surface area (TPSA) is 79.3 Å². The molecule has 3 aliphatic carbocycles. The van der Waals surface area contributed by atoms with Crippen LogP contribution in [-0.4, -0.2) is 91.4 Å². The largest absolute Gasteiger partial charge is 0.508 e. The van der Waals surface area contributed by atoms with E-state index in [2.05, 4.69) is 52.2 Å². The first-order valence-electron chi connectivity index (χ1n) is 18.3. The maximum atomic E-state index is 13.1. The van der Waals surface area contributed by atoms with Gasteiger partial charge in [-0.1, -0.05) is 13.0 Å². The summed E-state index contributed by atoms with van der Waals surface area (Å²) < 4.78 is 0. The first kappa shape index (κ1) is 32.0. The number of phenols is 1. The van der Waals surface area contributed by atoms with Crippen LogP contribution in [0.3, 0.4) is 0 Å². The third-order valence-corrected chi connectivity index (χ3v) is 13.1. The predicted molar refractivity (Wildman–Crippen MR) is 184 cm³/mol. The third-order valence-electron chi connectivity index (χ3n) is 13.1. The van der Waals surface area contributed by atoms with Crippen molar-refractivity contribution in [3.63, 3.8) is 0 Å². The lowest BCUT2D eigenvalue weighted by atomic mass is 9.52. The molecule has 7 heteroatoms. The number of benzene rings is 2. The van der Waals surface area contributed by atoms with Crippen molar-refractivity contribution in [1.29, 1.82) is 0 Å². The highest BCUT2D eigenvalue weighted by molar-refractivity contribution is 5.94. The fourth-order valence-corrected chi connectivity index (χ4v) is 10.3. The van der Waals surface area contributed by atoms with Gasteiger partial charge in [0, 0.05) is 63.6 Å². The van der Waals surface area contributed by atoms with Crippen LogP contribution in [0.4, 0.5) is 5.69 Å². The highest BCUT2D eigenvalue weighted by Gasteiger charge is 2.56. The SMILES string of the molecule is CN1CCN(CC2CCN(c3ccc(C(=O)NCCCC4Cc5cc(O)ccc5C5CCC6(C)C(O)CCC6C45)cc3)CC2)CC1. The summed E-state index contributed by atoms with van der Waals surface area (Å²) in [6, 6.07) is 14.2. The number of fused-ring (bicyclic) bond motifs is 5. The van der Waals surface area contributed by atoms with Crippen LogP contribution in [0.2, 0.25) is 0 Å². The molecular weight excluding hydrogens is 572 g/mol. The summed E-state index contributed by atoms with van der Waals surface area (Å²) in [6.07, 6.45) is 9.51. The summed E-state index contributed by atoms with van der Waals surface area (Å²) in [5, 5.41) is 24.4. The molecule has 6 unspecified atom stereocenters. The van der Waals surface area contributed by atoms with Crippen LogP contribution in [-0.2, 0) is 6.42 Å². The number of nitrogens with zero attached hydrogens (tertiary/aromatic N) is 3. The van der Waals surface area contributed by atoms with Crippen molar-refractivity contribution >= 4 is 11.6 Å². The highest BCUT2D eigenvalue weighted by Crippen LogP contribution is 2.62. The summed E-state index contributed by atoms with van der Waals surface area (Å²) in [4.78, 5) is 20.7. The molecule has 46 heavy (non-hydrogen) atoms. The van der Waals surface area contributed by atoms with E-state index >= 15 is 0 Å². The summed E-state index contributed by atoms with van der Waals surface area (Å²) >= 11 is 0. The molecule has 2 aromatic carbocycles. The van der Waals surface area contributed by atoms with Crippen LogP contribution in [0.1, 0.15) is 85.7 Å². The van der Waals surface area contributed by atoms with Gasteiger partial charge in [-0.3, -0.25) is 4.79 Å². The lowest BCUT2D eigenvalue weighted by Gasteiger charge is -2.53. The molecule has 4 fully saturated rings. The molecule has 0 radical (unpaired) electrons. The molecule has 2 saturated carbocycles. The van der Waals surface area contributed by atoms with E-state index in [1.54, 1.807) is 0 Å². The molecule has 2 heterocycles. The number of carbonyl (C=O) groups excluding carboxylic acids is 1. The Morgan fingerprint density at radius 2 is 1.72 bits per heavy atom. The van der Waals surface area contributed by atoms with Crippen LogP contribution < -0.4 is 10.2 Å². The molecule has 0 spiro atoms. The Hall–Kier alpha value is -2.61. The smallest absolute Gasteiger partial charge is 0.251 e. The average molecular weight is 629 g/mol. The van der Waals surface area contributed by atoms with E-state index in [1.165, 1.54) is 62.4 Å². The number of anilines is 1. The quantitative estimate of drug-likeness (QED) is 0.335. The Morgan fingerprint density at radius 1 is 0.957 bits per heavy atom. The molecule has 0 aromatic heterocycles. The molecular formula is C39H56N4O3. The first-order chi connectivity index (χ1) is 22.3. The summed E-state index contributed by atoms with van der Waals surface area (Å²) in [7, 11) is 2.22. The highest BCUT2D eigenvalue weighted by atomic mass is 16.3. The predicted octanol–water partition coefficient (Wildman–Crippen LogP) is 5.51. The van der Waals surface area contributed by atoms with Gasteiger partial charge in [-0.2, -0.15) is 0 Å². The number of aromatic hydroxyl groups is 1. The van der Waals surface area contributed by atoms with Gasteiger partial charge in [0.1, 0.15) is 5.75 Å². The number of piperazine rings is 1. The maximum absolute atomic E-state index is 13.1. The number of phenolic OH excluding ortho intramolecular Hbond substituents is 1. The molecule has 2 saturated heterocycles. The Morgan fingerprint density at radius 3 is 2.48 bits per heavy atom. The third kappa shape index (κ3) is 6.44. The molecule has 7 rings (SSSR count). The minimum Gasteiger partial charge on any atom is -0.508 e. The molecule has 2 aliphatic heterocycles. The van der Waals surface area contributed by atoms with Crippen molar-refractivity contribution in [3.8, 4) is 5.75 Å². The van der Waals surface area contributed by atoms with E-state index in [0.29, 0.717) is 36.0 Å². The number of aliphatic hydroxyl groups is 1. The van der Waals surface area contributed by atoms with E-state index in [0.717, 1.165) is 69.5 Å². The van der Waals surface area contributed by atoms with E-state index < -0.39 is 0 Å². The van der Waals surface area contributed by atoms with Crippen molar-refractivity contribution in [3.05, 3.63) is 59.2 Å². The number of hydrogen-bond acceptors (Lipinski definition) is 6. The van der Waals surface area contributed by atoms with E-state index in [4.69, 9.17) is 0 Å². The van der Waals surface area contributed by atoms with E-state index in [9.17, 15) is 15.0 Å². The number of hydrogen-bond donors (Lipinski definition) is 3. The lowest BCUT2D eigenvalue weighted by molar-refractivity contribution is -0.0395. The average Bonchev–Trinajstić information content (AvgIpc) is 3.37. The maximum Gasteiger partial charge on any atom is 0.251 e. The van der Waals surface area contributed by atoms with Crippen LogP contribution >= 0.6 is 0 Å². The normalized spacial score (nSPS) is 32.1. The van der Waals surface area contributed by atoms with Crippen molar-refractivity contribution in [2.75, 3.05) is 64.3 Å². The zero-order valence-corrected chi connectivity index (χ0v) is 28.2. The zero-order valence-electron chi connectivity index (χ0n) is 28.2. The second-order valence-corrected chi connectivity index (χ2v) is 15.8. The Labute approximate surface area is 276 Å². The molecule has 2 aromatic rings. The van der Waals surface area contributed by atoms with Gasteiger partial charge in [-0.05, 0) is 147 Å². The number of aliphatic hydroxyl groups excluding tert-OH is 1. The number of carbonyl (C=O) groups is 1. The monoisotopic (exact) mass is 628 g/mol. The summed E-state index contributed by atoms with van der Waals surface area (Å²) in [5.41, 5.74) is 4.71. The van der Waals surface area contributed by atoms with E-state index in [1.807, 2.05) is 24.3 Å². The second kappa shape index (κ2) is 13.5. The van der Waals surface area contributed by atoms with Gasteiger partial charge in [0.2, 0.25) is 0 Å². The molecule has 0 bridgehead atoms. The zero-order chi connectivity index (χ0) is 31.8. The Balaban J connectivity index is 0.902. The van der Waals surface area contributed by atoms with Gasteiger partial charge in [0.05, 0.1) is 6.10 Å². The van der Waals surface area contributed by atoms with Crippen LogP contribution in [0.15, 0.2) is 42.5 Å². The van der Waals surface area contributed by atoms with Crippen molar-refractivity contribution < 1.29 is 15.0 Å². The van der Waals surface area contributed by atoms with Crippen molar-refractivity contribution in [2.45, 2.75) is 76.7 Å². The van der Waals surface area contributed by atoms with Crippen LogP contribution in [0, 0.1) is 29.1 Å². The minimum atomic E-state index is -0.190. The fourth-order valence-electron chi connectivity index (χ4n) is 10.3. The Kier molecular flexibility index (Phi) is 9.37. The fraction of sp³-hybridized carbons (Fsp3) is 0.667. The molecule has 3 N–H and O–H groups in total. The number of nitrogens with one attached hydrogen (secondary N) is 1. The number of likely N-dealkylation sites (N-methyl/N-ethyl adjacent to an activating group) is 1. The molecule has 6 atom stereocenters. The number of piperidine rings is 1. The molecule has 5 aliphatic rings. The van der Waals surface area contributed by atoms with Gasteiger partial charge in [0.15, 0.2) is 0 Å². The molecule has 250 valence electrons.